The van der Waals surface area contributed by atoms with Crippen molar-refractivity contribution < 1.29 is 14.2 Å². The van der Waals surface area contributed by atoms with Crippen LogP contribution in [0, 0.1) is 0 Å². The number of rotatable bonds is 9. The van der Waals surface area contributed by atoms with E-state index in [0.717, 1.165) is 68.3 Å². The highest BCUT2D eigenvalue weighted by Crippen LogP contribution is 2.34. The van der Waals surface area contributed by atoms with Crippen LogP contribution in [0.4, 0.5) is 0 Å². The first-order chi connectivity index (χ1) is 12.8. The standard InChI is InChI=1S/C20H29N3O3/c1-3-24-10-5-4-9-21-14-17-15-23(2)22-20(17)16-7-8-18-19(13-16)26-12-6-11-25-18/h7-8,13,15,21H,3-6,9-12,14H2,1-2H3. The van der Waals surface area contributed by atoms with Crippen molar-refractivity contribution in [3.63, 3.8) is 0 Å². The van der Waals surface area contributed by atoms with Gasteiger partial charge in [-0.25, -0.2) is 0 Å². The molecule has 0 radical (unpaired) electrons. The number of benzene rings is 1. The molecule has 0 bridgehead atoms. The van der Waals surface area contributed by atoms with E-state index in [9.17, 15) is 0 Å². The number of aromatic nitrogens is 2. The smallest absolute Gasteiger partial charge is 0.161 e. The van der Waals surface area contributed by atoms with Gasteiger partial charge in [0, 0.05) is 50.6 Å². The molecule has 0 atom stereocenters. The number of nitrogens with zero attached hydrogens (tertiary/aromatic N) is 2. The molecule has 0 spiro atoms. The maximum absolute atomic E-state index is 5.82. The fourth-order valence-corrected chi connectivity index (χ4v) is 3.04. The van der Waals surface area contributed by atoms with Crippen molar-refractivity contribution in [1.29, 1.82) is 0 Å². The van der Waals surface area contributed by atoms with Crippen LogP contribution in [0.2, 0.25) is 0 Å². The molecule has 26 heavy (non-hydrogen) atoms. The van der Waals surface area contributed by atoms with Gasteiger partial charge in [-0.05, 0) is 44.5 Å². The van der Waals surface area contributed by atoms with Gasteiger partial charge in [0.15, 0.2) is 11.5 Å². The summed E-state index contributed by atoms with van der Waals surface area (Å²) in [4.78, 5) is 0. The summed E-state index contributed by atoms with van der Waals surface area (Å²) in [5, 5.41) is 8.16. The molecule has 1 aliphatic heterocycles. The molecule has 2 heterocycles. The van der Waals surface area contributed by atoms with E-state index in [0.29, 0.717) is 13.2 Å². The van der Waals surface area contributed by atoms with Crippen LogP contribution < -0.4 is 14.8 Å². The predicted octanol–water partition coefficient (Wildman–Crippen LogP) is 3.15. The minimum atomic E-state index is 0.689. The molecule has 3 rings (SSSR count). The second-order valence-corrected chi connectivity index (χ2v) is 6.47. The Kier molecular flexibility index (Phi) is 6.91. The average molecular weight is 359 g/mol. The Hall–Kier alpha value is -2.05. The Balaban J connectivity index is 1.63. The van der Waals surface area contributed by atoms with Crippen molar-refractivity contribution in [2.24, 2.45) is 7.05 Å². The molecule has 0 aliphatic carbocycles. The van der Waals surface area contributed by atoms with E-state index in [2.05, 4.69) is 22.7 Å². The van der Waals surface area contributed by atoms with E-state index in [-0.39, 0.29) is 0 Å². The van der Waals surface area contributed by atoms with Crippen LogP contribution in [0.1, 0.15) is 31.7 Å². The maximum atomic E-state index is 5.82. The van der Waals surface area contributed by atoms with E-state index in [1.165, 1.54) is 5.56 Å². The molecule has 1 aliphatic rings. The van der Waals surface area contributed by atoms with Crippen LogP contribution >= 0.6 is 0 Å². The molecule has 6 heteroatoms. The lowest BCUT2D eigenvalue weighted by molar-refractivity contribution is 0.143. The lowest BCUT2D eigenvalue weighted by Crippen LogP contribution is -2.15. The molecule has 0 unspecified atom stereocenters. The van der Waals surface area contributed by atoms with E-state index in [1.807, 2.05) is 30.8 Å². The Morgan fingerprint density at radius 2 is 2.04 bits per heavy atom. The zero-order valence-electron chi connectivity index (χ0n) is 15.8. The van der Waals surface area contributed by atoms with E-state index in [4.69, 9.17) is 14.2 Å². The van der Waals surface area contributed by atoms with Crippen molar-refractivity contribution in [2.45, 2.75) is 32.7 Å². The Bertz CT molecular complexity index is 700. The predicted molar refractivity (Wildman–Crippen MR) is 102 cm³/mol. The van der Waals surface area contributed by atoms with Gasteiger partial charge in [-0.3, -0.25) is 4.68 Å². The van der Waals surface area contributed by atoms with Crippen LogP contribution in [0.15, 0.2) is 24.4 Å². The quantitative estimate of drug-likeness (QED) is 0.697. The second-order valence-electron chi connectivity index (χ2n) is 6.47. The van der Waals surface area contributed by atoms with Crippen LogP contribution in [-0.4, -0.2) is 42.8 Å². The largest absolute Gasteiger partial charge is 0.490 e. The van der Waals surface area contributed by atoms with Gasteiger partial charge in [0.1, 0.15) is 0 Å². The first-order valence-corrected chi connectivity index (χ1v) is 9.49. The van der Waals surface area contributed by atoms with Gasteiger partial charge in [-0.1, -0.05) is 0 Å². The van der Waals surface area contributed by atoms with Crippen molar-refractivity contribution >= 4 is 0 Å². The van der Waals surface area contributed by atoms with Crippen LogP contribution in [-0.2, 0) is 18.3 Å². The molecular formula is C20H29N3O3. The molecular weight excluding hydrogens is 330 g/mol. The average Bonchev–Trinajstić information content (AvgIpc) is 2.87. The number of aryl methyl sites for hydroxylation is 1. The third-order valence-electron chi connectivity index (χ3n) is 4.34. The van der Waals surface area contributed by atoms with Gasteiger partial charge in [0.2, 0.25) is 0 Å². The molecule has 2 aromatic rings. The second kappa shape index (κ2) is 9.59. The maximum Gasteiger partial charge on any atom is 0.161 e. The normalized spacial score (nSPS) is 13.6. The number of unbranched alkanes of at least 4 members (excludes halogenated alkanes) is 1. The highest BCUT2D eigenvalue weighted by atomic mass is 16.5. The highest BCUT2D eigenvalue weighted by Gasteiger charge is 2.15. The van der Waals surface area contributed by atoms with Crippen molar-refractivity contribution in [2.75, 3.05) is 33.0 Å². The van der Waals surface area contributed by atoms with E-state index in [1.54, 1.807) is 0 Å². The number of nitrogens with one attached hydrogen (secondary N) is 1. The summed E-state index contributed by atoms with van der Waals surface area (Å²) in [6.45, 7) is 6.83. The molecule has 1 aromatic carbocycles. The monoisotopic (exact) mass is 359 g/mol. The van der Waals surface area contributed by atoms with Crippen LogP contribution in [0.25, 0.3) is 11.3 Å². The molecule has 0 saturated heterocycles. The van der Waals surface area contributed by atoms with Gasteiger partial charge < -0.3 is 19.5 Å². The summed E-state index contributed by atoms with van der Waals surface area (Å²) in [5.74, 6) is 1.62. The van der Waals surface area contributed by atoms with Gasteiger partial charge in [0.25, 0.3) is 0 Å². The number of ether oxygens (including phenoxy) is 3. The molecule has 1 N–H and O–H groups in total. The topological polar surface area (TPSA) is 57.5 Å². The summed E-state index contributed by atoms with van der Waals surface area (Å²) >= 11 is 0. The lowest BCUT2D eigenvalue weighted by atomic mass is 10.1. The Morgan fingerprint density at radius 1 is 1.19 bits per heavy atom. The molecule has 0 fully saturated rings. The summed E-state index contributed by atoms with van der Waals surface area (Å²) in [6, 6.07) is 6.08. The molecule has 1 aromatic heterocycles. The van der Waals surface area contributed by atoms with Crippen LogP contribution in [0.3, 0.4) is 0 Å². The summed E-state index contributed by atoms with van der Waals surface area (Å²) < 4.78 is 18.8. The zero-order chi connectivity index (χ0) is 18.2. The van der Waals surface area contributed by atoms with E-state index < -0.39 is 0 Å². The van der Waals surface area contributed by atoms with Crippen molar-refractivity contribution in [3.8, 4) is 22.8 Å². The Labute approximate surface area is 155 Å². The minimum Gasteiger partial charge on any atom is -0.490 e. The van der Waals surface area contributed by atoms with E-state index >= 15 is 0 Å². The summed E-state index contributed by atoms with van der Waals surface area (Å²) in [5.41, 5.74) is 3.24. The molecule has 142 valence electrons. The lowest BCUT2D eigenvalue weighted by Gasteiger charge is -2.10. The van der Waals surface area contributed by atoms with Crippen molar-refractivity contribution in [1.82, 2.24) is 15.1 Å². The SMILES string of the molecule is CCOCCCCNCc1cn(C)nc1-c1ccc2c(c1)OCCCO2. The van der Waals surface area contributed by atoms with Crippen molar-refractivity contribution in [3.05, 3.63) is 30.0 Å². The third-order valence-corrected chi connectivity index (χ3v) is 4.34. The van der Waals surface area contributed by atoms with Gasteiger partial charge >= 0.3 is 0 Å². The first-order valence-electron chi connectivity index (χ1n) is 9.49. The number of hydrogen-bond acceptors (Lipinski definition) is 5. The molecule has 0 saturated carbocycles. The minimum absolute atomic E-state index is 0.689. The van der Waals surface area contributed by atoms with Gasteiger partial charge in [-0.2, -0.15) is 5.10 Å². The molecule has 6 nitrogen and oxygen atoms in total. The zero-order valence-corrected chi connectivity index (χ0v) is 15.8. The highest BCUT2D eigenvalue weighted by molar-refractivity contribution is 5.66. The van der Waals surface area contributed by atoms with Gasteiger partial charge in [-0.15, -0.1) is 0 Å². The number of hydrogen-bond donors (Lipinski definition) is 1. The fourth-order valence-electron chi connectivity index (χ4n) is 3.04. The van der Waals surface area contributed by atoms with Crippen LogP contribution in [0.5, 0.6) is 11.5 Å². The molecule has 0 amide bonds. The Morgan fingerprint density at radius 3 is 2.88 bits per heavy atom. The fraction of sp³-hybridized carbons (Fsp3) is 0.550. The van der Waals surface area contributed by atoms with Gasteiger partial charge in [0.05, 0.1) is 18.9 Å². The summed E-state index contributed by atoms with van der Waals surface area (Å²) in [7, 11) is 1.96. The summed E-state index contributed by atoms with van der Waals surface area (Å²) in [6.07, 6.45) is 5.18. The number of fused-ring (bicyclic) bond motifs is 1. The first kappa shape index (κ1) is 18.7. The third kappa shape index (κ3) is 4.99.